The first kappa shape index (κ1) is 26.9. The van der Waals surface area contributed by atoms with E-state index in [2.05, 4.69) is 6.07 Å². The summed E-state index contributed by atoms with van der Waals surface area (Å²) in [6.07, 6.45) is 9.21. The van der Waals surface area contributed by atoms with Gasteiger partial charge in [0, 0.05) is 46.2 Å². The monoisotopic (exact) mass is 519 g/mol. The second-order valence-electron chi connectivity index (χ2n) is 11.0. The number of sulfonamides is 1. The van der Waals surface area contributed by atoms with Gasteiger partial charge in [0.2, 0.25) is 15.9 Å². The number of ether oxygens (including phenoxy) is 1. The molecule has 0 saturated carbocycles. The number of hydrogen-bond donors (Lipinski definition) is 0. The van der Waals surface area contributed by atoms with Crippen LogP contribution in [0.3, 0.4) is 0 Å². The molecule has 0 bridgehead atoms. The molecule has 3 aliphatic rings. The minimum absolute atomic E-state index is 0.0105. The van der Waals surface area contributed by atoms with Crippen LogP contribution < -0.4 is 4.74 Å². The van der Waals surface area contributed by atoms with E-state index in [0.717, 1.165) is 75.8 Å². The largest absolute Gasteiger partial charge is 0.483 e. The number of para-hydroxylation sites is 1. The normalized spacial score (nSPS) is 22.9. The Balaban J connectivity index is 1.32. The van der Waals surface area contributed by atoms with Gasteiger partial charge in [-0.15, -0.1) is 0 Å². The van der Waals surface area contributed by atoms with E-state index in [1.54, 1.807) is 0 Å². The highest BCUT2D eigenvalue weighted by Crippen LogP contribution is 2.38. The molecule has 1 aromatic carbocycles. The smallest absolute Gasteiger partial charge is 0.260 e. The van der Waals surface area contributed by atoms with Crippen LogP contribution in [0.1, 0.15) is 56.9 Å². The number of aryl methyl sites for hydroxylation is 1. The maximum absolute atomic E-state index is 13.1. The average Bonchev–Trinajstić information content (AvgIpc) is 2.85. The van der Waals surface area contributed by atoms with E-state index in [1.165, 1.54) is 10.6 Å². The third-order valence-electron chi connectivity index (χ3n) is 8.41. The Bertz CT molecular complexity index is 1030. The summed E-state index contributed by atoms with van der Waals surface area (Å²) in [6, 6.07) is 7.99. The van der Waals surface area contributed by atoms with Crippen LogP contribution in [0, 0.1) is 11.3 Å². The topological polar surface area (TPSA) is 87.2 Å². The molecule has 9 heteroatoms. The number of carbonyl (C=O) groups is 2. The molecule has 3 aliphatic heterocycles. The van der Waals surface area contributed by atoms with Gasteiger partial charge >= 0.3 is 0 Å². The Morgan fingerprint density at radius 2 is 1.75 bits per heavy atom. The molecule has 0 aliphatic carbocycles. The van der Waals surface area contributed by atoms with Crippen molar-refractivity contribution >= 4 is 21.8 Å². The van der Waals surface area contributed by atoms with Gasteiger partial charge in [0.15, 0.2) is 6.61 Å². The lowest BCUT2D eigenvalue weighted by Gasteiger charge is -2.44. The van der Waals surface area contributed by atoms with Gasteiger partial charge in [-0.25, -0.2) is 12.7 Å². The molecule has 2 saturated heterocycles. The van der Waals surface area contributed by atoms with Crippen molar-refractivity contribution < 1.29 is 22.7 Å². The number of carbonyl (C=O) groups excluding carboxylic acids is 2. The van der Waals surface area contributed by atoms with Crippen molar-refractivity contribution in [3.8, 4) is 5.75 Å². The number of likely N-dealkylation sites (N-methyl/N-ethyl adjacent to an activating group) is 1. The van der Waals surface area contributed by atoms with E-state index in [1.807, 2.05) is 35.0 Å². The summed E-state index contributed by atoms with van der Waals surface area (Å²) in [7, 11) is -1.28. The van der Waals surface area contributed by atoms with Gasteiger partial charge in [-0.05, 0) is 67.9 Å². The zero-order valence-electron chi connectivity index (χ0n) is 21.8. The highest BCUT2D eigenvalue weighted by atomic mass is 32.2. The molecular weight excluding hydrogens is 478 g/mol. The second kappa shape index (κ2) is 11.5. The minimum atomic E-state index is -3.15. The van der Waals surface area contributed by atoms with Crippen LogP contribution in [0.5, 0.6) is 5.75 Å². The Kier molecular flexibility index (Phi) is 8.60. The molecule has 0 unspecified atom stereocenters. The summed E-state index contributed by atoms with van der Waals surface area (Å²) in [6.45, 7) is 3.21. The molecule has 200 valence electrons. The molecular formula is C27H41N3O5S. The molecule has 1 aromatic rings. The van der Waals surface area contributed by atoms with Crippen LogP contribution in [0.25, 0.3) is 0 Å². The molecule has 2 amide bonds. The van der Waals surface area contributed by atoms with Gasteiger partial charge in [-0.2, -0.15) is 0 Å². The number of piperidine rings is 2. The van der Waals surface area contributed by atoms with Gasteiger partial charge in [0.25, 0.3) is 5.91 Å². The van der Waals surface area contributed by atoms with Gasteiger partial charge < -0.3 is 14.5 Å². The van der Waals surface area contributed by atoms with Crippen LogP contribution in [-0.2, 0) is 26.0 Å². The van der Waals surface area contributed by atoms with Crippen LogP contribution in [-0.4, -0.2) is 87.0 Å². The van der Waals surface area contributed by atoms with Crippen molar-refractivity contribution in [2.75, 3.05) is 52.6 Å². The lowest BCUT2D eigenvalue weighted by Crippen LogP contribution is -2.49. The SMILES string of the molecule is CN1CC2(CCCCc3ccccc3OCC1=O)CCN(C(=O)CC1CCN(S(C)(=O)=O)CC1)CC2. The first-order chi connectivity index (χ1) is 17.2. The van der Waals surface area contributed by atoms with Crippen molar-refractivity contribution in [1.82, 2.24) is 14.1 Å². The summed E-state index contributed by atoms with van der Waals surface area (Å²) in [4.78, 5) is 29.7. The van der Waals surface area contributed by atoms with Crippen molar-refractivity contribution in [1.29, 1.82) is 0 Å². The Labute approximate surface area is 216 Å². The first-order valence-electron chi connectivity index (χ1n) is 13.3. The van der Waals surface area contributed by atoms with Crippen LogP contribution >= 0.6 is 0 Å². The molecule has 8 nitrogen and oxygen atoms in total. The number of amides is 2. The van der Waals surface area contributed by atoms with Gasteiger partial charge in [0.1, 0.15) is 5.75 Å². The van der Waals surface area contributed by atoms with E-state index in [4.69, 9.17) is 4.74 Å². The average molecular weight is 520 g/mol. The number of hydrogen-bond acceptors (Lipinski definition) is 5. The molecule has 2 fully saturated rings. The Morgan fingerprint density at radius 3 is 2.44 bits per heavy atom. The highest BCUT2D eigenvalue weighted by molar-refractivity contribution is 7.88. The van der Waals surface area contributed by atoms with E-state index < -0.39 is 10.0 Å². The lowest BCUT2D eigenvalue weighted by molar-refractivity contribution is -0.138. The molecule has 3 heterocycles. The maximum Gasteiger partial charge on any atom is 0.260 e. The van der Waals surface area contributed by atoms with Gasteiger partial charge in [-0.3, -0.25) is 9.59 Å². The molecule has 0 atom stereocenters. The predicted octanol–water partition coefficient (Wildman–Crippen LogP) is 2.92. The Hall–Kier alpha value is -2.13. The predicted molar refractivity (Wildman–Crippen MR) is 139 cm³/mol. The number of fused-ring (bicyclic) bond motifs is 1. The fourth-order valence-corrected chi connectivity index (χ4v) is 6.92. The number of nitrogens with zero attached hydrogens (tertiary/aromatic N) is 3. The standard InChI is InChI=1S/C27H41N3O5S/c1-28-21-27(12-6-5-8-23-7-3-4-9-24(23)35-20-26(28)32)13-17-29(18-14-27)25(31)19-22-10-15-30(16-11-22)36(2,33)34/h3-4,7,9,22H,5-6,8,10-21H2,1-2H3. The third-order valence-corrected chi connectivity index (χ3v) is 9.71. The van der Waals surface area contributed by atoms with E-state index in [0.29, 0.717) is 26.1 Å². The molecule has 0 N–H and O–H groups in total. The highest BCUT2D eigenvalue weighted by Gasteiger charge is 2.38. The molecule has 4 rings (SSSR count). The summed E-state index contributed by atoms with van der Waals surface area (Å²) in [5, 5.41) is 0. The summed E-state index contributed by atoms with van der Waals surface area (Å²) in [5.41, 5.74) is 1.19. The fraction of sp³-hybridized carbons (Fsp3) is 0.704. The molecule has 36 heavy (non-hydrogen) atoms. The lowest BCUT2D eigenvalue weighted by atomic mass is 9.73. The van der Waals surface area contributed by atoms with Crippen LogP contribution in [0.2, 0.25) is 0 Å². The van der Waals surface area contributed by atoms with Crippen molar-refractivity contribution in [3.63, 3.8) is 0 Å². The second-order valence-corrected chi connectivity index (χ2v) is 13.0. The van der Waals surface area contributed by atoms with E-state index >= 15 is 0 Å². The van der Waals surface area contributed by atoms with Crippen molar-refractivity contribution in [2.24, 2.45) is 11.3 Å². The van der Waals surface area contributed by atoms with Crippen molar-refractivity contribution in [2.45, 2.75) is 57.8 Å². The number of benzene rings is 1. The summed E-state index contributed by atoms with van der Waals surface area (Å²) < 4.78 is 30.9. The van der Waals surface area contributed by atoms with E-state index in [9.17, 15) is 18.0 Å². The summed E-state index contributed by atoms with van der Waals surface area (Å²) in [5.74, 6) is 1.23. The summed E-state index contributed by atoms with van der Waals surface area (Å²) >= 11 is 0. The van der Waals surface area contributed by atoms with Crippen LogP contribution in [0.4, 0.5) is 0 Å². The van der Waals surface area contributed by atoms with Gasteiger partial charge in [-0.1, -0.05) is 24.6 Å². The zero-order valence-corrected chi connectivity index (χ0v) is 22.6. The maximum atomic E-state index is 13.1. The molecule has 0 radical (unpaired) electrons. The molecule has 1 spiro atoms. The minimum Gasteiger partial charge on any atom is -0.483 e. The van der Waals surface area contributed by atoms with Crippen molar-refractivity contribution in [3.05, 3.63) is 29.8 Å². The number of rotatable bonds is 3. The first-order valence-corrected chi connectivity index (χ1v) is 15.2. The zero-order chi connectivity index (χ0) is 25.8. The quantitative estimate of drug-likeness (QED) is 0.613. The third kappa shape index (κ3) is 6.79. The van der Waals surface area contributed by atoms with Gasteiger partial charge in [0.05, 0.1) is 6.26 Å². The Morgan fingerprint density at radius 1 is 1.06 bits per heavy atom. The van der Waals surface area contributed by atoms with E-state index in [-0.39, 0.29) is 29.8 Å². The number of likely N-dealkylation sites (tertiary alicyclic amines) is 1. The molecule has 0 aromatic heterocycles. The van der Waals surface area contributed by atoms with Crippen LogP contribution in [0.15, 0.2) is 24.3 Å². The fourth-order valence-electron chi connectivity index (χ4n) is 6.05.